The van der Waals surface area contributed by atoms with Gasteiger partial charge in [0.2, 0.25) is 0 Å². The minimum Gasteiger partial charge on any atom is -0.314 e. The zero-order chi connectivity index (χ0) is 12.8. The average molecular weight is 252 g/mol. The summed E-state index contributed by atoms with van der Waals surface area (Å²) in [6, 6.07) is 0.787. The molecule has 0 amide bonds. The molecule has 2 unspecified atom stereocenters. The van der Waals surface area contributed by atoms with Crippen molar-refractivity contribution in [1.29, 1.82) is 0 Å². The topological polar surface area (TPSA) is 15.3 Å². The van der Waals surface area contributed by atoms with Crippen LogP contribution in [0.15, 0.2) is 0 Å². The van der Waals surface area contributed by atoms with E-state index >= 15 is 0 Å². The maximum absolute atomic E-state index is 3.76. The number of rotatable bonds is 6. The van der Waals surface area contributed by atoms with Crippen LogP contribution in [-0.4, -0.2) is 37.1 Å². The summed E-state index contributed by atoms with van der Waals surface area (Å²) in [6.45, 7) is 9.89. The first-order chi connectivity index (χ1) is 8.83. The summed E-state index contributed by atoms with van der Waals surface area (Å²) in [7, 11) is 0. The quantitative estimate of drug-likeness (QED) is 0.780. The molecule has 0 aromatic heterocycles. The maximum atomic E-state index is 3.76. The molecule has 0 aromatic carbocycles. The predicted molar refractivity (Wildman–Crippen MR) is 78.9 cm³/mol. The highest BCUT2D eigenvalue weighted by Gasteiger charge is 2.29. The predicted octanol–water partition coefficient (Wildman–Crippen LogP) is 3.28. The van der Waals surface area contributed by atoms with Gasteiger partial charge >= 0.3 is 0 Å². The number of nitrogens with one attached hydrogen (secondary N) is 1. The van der Waals surface area contributed by atoms with Crippen LogP contribution in [0.2, 0.25) is 0 Å². The second-order valence-electron chi connectivity index (χ2n) is 6.43. The monoisotopic (exact) mass is 252 g/mol. The smallest absolute Gasteiger partial charge is 0.0120 e. The fourth-order valence-electron chi connectivity index (χ4n) is 3.84. The number of hydrogen-bond donors (Lipinski definition) is 1. The largest absolute Gasteiger partial charge is 0.314 e. The lowest BCUT2D eigenvalue weighted by Crippen LogP contribution is -2.50. The van der Waals surface area contributed by atoms with E-state index in [1.54, 1.807) is 0 Å². The Kier molecular flexibility index (Phi) is 5.97. The van der Waals surface area contributed by atoms with Gasteiger partial charge in [0.05, 0.1) is 0 Å². The fraction of sp³-hybridized carbons (Fsp3) is 1.00. The Balaban J connectivity index is 1.76. The Morgan fingerprint density at radius 3 is 2.56 bits per heavy atom. The van der Waals surface area contributed by atoms with Crippen molar-refractivity contribution in [3.8, 4) is 0 Å². The zero-order valence-electron chi connectivity index (χ0n) is 12.5. The van der Waals surface area contributed by atoms with Crippen molar-refractivity contribution in [2.24, 2.45) is 11.8 Å². The van der Waals surface area contributed by atoms with Crippen molar-refractivity contribution in [3.05, 3.63) is 0 Å². The summed E-state index contributed by atoms with van der Waals surface area (Å²) in [5.41, 5.74) is 0. The van der Waals surface area contributed by atoms with Crippen LogP contribution in [0.1, 0.15) is 58.8 Å². The van der Waals surface area contributed by atoms with Gasteiger partial charge in [0.1, 0.15) is 0 Å². The fourth-order valence-corrected chi connectivity index (χ4v) is 3.84. The van der Waals surface area contributed by atoms with Crippen molar-refractivity contribution in [2.75, 3.05) is 26.2 Å². The van der Waals surface area contributed by atoms with Crippen LogP contribution in [0.4, 0.5) is 0 Å². The van der Waals surface area contributed by atoms with Crippen LogP contribution in [0, 0.1) is 11.8 Å². The van der Waals surface area contributed by atoms with E-state index in [0.29, 0.717) is 0 Å². The Bertz CT molecular complexity index is 223. The van der Waals surface area contributed by atoms with Gasteiger partial charge in [-0.2, -0.15) is 0 Å². The van der Waals surface area contributed by atoms with Gasteiger partial charge in [-0.15, -0.1) is 0 Å². The molecule has 2 aliphatic rings. The molecular weight excluding hydrogens is 220 g/mol. The molecule has 1 aliphatic carbocycles. The van der Waals surface area contributed by atoms with Crippen LogP contribution < -0.4 is 5.32 Å². The summed E-state index contributed by atoms with van der Waals surface area (Å²) in [4.78, 5) is 2.76. The van der Waals surface area contributed by atoms with Crippen molar-refractivity contribution in [2.45, 2.75) is 64.8 Å². The number of nitrogens with zero attached hydrogens (tertiary/aromatic N) is 1. The van der Waals surface area contributed by atoms with E-state index in [1.807, 2.05) is 0 Å². The molecular formula is C16H32N2. The van der Waals surface area contributed by atoms with Gasteiger partial charge in [-0.1, -0.05) is 33.1 Å². The Morgan fingerprint density at radius 1 is 1.11 bits per heavy atom. The summed E-state index contributed by atoms with van der Waals surface area (Å²) in [6.07, 6.45) is 9.91. The molecule has 106 valence electrons. The second-order valence-corrected chi connectivity index (χ2v) is 6.43. The summed E-state index contributed by atoms with van der Waals surface area (Å²) in [5.74, 6) is 1.90. The highest BCUT2D eigenvalue weighted by Crippen LogP contribution is 2.28. The van der Waals surface area contributed by atoms with Crippen molar-refractivity contribution in [3.63, 3.8) is 0 Å². The normalized spacial score (nSPS) is 31.0. The third-order valence-corrected chi connectivity index (χ3v) is 4.99. The summed E-state index contributed by atoms with van der Waals surface area (Å²) in [5, 5.41) is 3.76. The molecule has 1 heterocycles. The standard InChI is InChI=1S/C16H32N2/c1-3-10-17-16-9-11-18(13-15(16)4-2)12-14-7-5-6-8-14/h14-17H,3-13H2,1-2H3. The highest BCUT2D eigenvalue weighted by atomic mass is 15.2. The third-order valence-electron chi connectivity index (χ3n) is 4.99. The Hall–Kier alpha value is -0.0800. The molecule has 0 bridgehead atoms. The minimum absolute atomic E-state index is 0.787. The average Bonchev–Trinajstić information content (AvgIpc) is 2.90. The molecule has 1 saturated carbocycles. The van der Waals surface area contributed by atoms with E-state index in [2.05, 4.69) is 24.1 Å². The minimum atomic E-state index is 0.787. The van der Waals surface area contributed by atoms with Gasteiger partial charge in [0, 0.05) is 19.1 Å². The molecule has 2 rings (SSSR count). The van der Waals surface area contributed by atoms with Crippen molar-refractivity contribution >= 4 is 0 Å². The SMILES string of the molecule is CCCNC1CCN(CC2CCCC2)CC1CC. The van der Waals surface area contributed by atoms with E-state index in [4.69, 9.17) is 0 Å². The van der Waals surface area contributed by atoms with Gasteiger partial charge < -0.3 is 10.2 Å². The molecule has 0 spiro atoms. The summed E-state index contributed by atoms with van der Waals surface area (Å²) >= 11 is 0. The van der Waals surface area contributed by atoms with E-state index in [0.717, 1.165) is 17.9 Å². The van der Waals surface area contributed by atoms with Gasteiger partial charge in [0.15, 0.2) is 0 Å². The number of hydrogen-bond acceptors (Lipinski definition) is 2. The Morgan fingerprint density at radius 2 is 1.89 bits per heavy atom. The van der Waals surface area contributed by atoms with Gasteiger partial charge in [-0.3, -0.25) is 0 Å². The van der Waals surface area contributed by atoms with Gasteiger partial charge in [-0.25, -0.2) is 0 Å². The molecule has 0 aromatic rings. The Labute approximate surface area is 114 Å². The number of piperidine rings is 1. The van der Waals surface area contributed by atoms with Crippen molar-refractivity contribution < 1.29 is 0 Å². The van der Waals surface area contributed by atoms with Crippen LogP contribution in [0.3, 0.4) is 0 Å². The summed E-state index contributed by atoms with van der Waals surface area (Å²) < 4.78 is 0. The molecule has 1 saturated heterocycles. The van der Waals surface area contributed by atoms with Crippen LogP contribution in [0.5, 0.6) is 0 Å². The lowest BCUT2D eigenvalue weighted by molar-refractivity contribution is 0.119. The van der Waals surface area contributed by atoms with E-state index < -0.39 is 0 Å². The number of likely N-dealkylation sites (tertiary alicyclic amines) is 1. The third kappa shape index (κ3) is 3.96. The van der Waals surface area contributed by atoms with E-state index in [9.17, 15) is 0 Å². The molecule has 1 N–H and O–H groups in total. The first kappa shape index (κ1) is 14.3. The highest BCUT2D eigenvalue weighted by molar-refractivity contribution is 4.85. The zero-order valence-corrected chi connectivity index (χ0v) is 12.5. The molecule has 2 heteroatoms. The lowest BCUT2D eigenvalue weighted by Gasteiger charge is -2.39. The first-order valence-electron chi connectivity index (χ1n) is 8.29. The van der Waals surface area contributed by atoms with Gasteiger partial charge in [0.25, 0.3) is 0 Å². The molecule has 2 fully saturated rings. The second kappa shape index (κ2) is 7.49. The van der Waals surface area contributed by atoms with E-state index in [1.165, 1.54) is 71.1 Å². The van der Waals surface area contributed by atoms with Crippen LogP contribution >= 0.6 is 0 Å². The molecule has 18 heavy (non-hydrogen) atoms. The maximum Gasteiger partial charge on any atom is 0.0120 e. The lowest BCUT2D eigenvalue weighted by atomic mass is 9.89. The molecule has 1 aliphatic heterocycles. The molecule has 2 atom stereocenters. The molecule has 2 nitrogen and oxygen atoms in total. The van der Waals surface area contributed by atoms with Gasteiger partial charge in [-0.05, 0) is 50.6 Å². The van der Waals surface area contributed by atoms with E-state index in [-0.39, 0.29) is 0 Å². The van der Waals surface area contributed by atoms with Crippen LogP contribution in [0.25, 0.3) is 0 Å². The van der Waals surface area contributed by atoms with Crippen molar-refractivity contribution in [1.82, 2.24) is 10.2 Å². The first-order valence-corrected chi connectivity index (χ1v) is 8.29. The van der Waals surface area contributed by atoms with Crippen LogP contribution in [-0.2, 0) is 0 Å². The molecule has 0 radical (unpaired) electrons.